The molecule has 26 heavy (non-hydrogen) atoms. The van der Waals surface area contributed by atoms with Crippen molar-refractivity contribution in [2.45, 2.75) is 11.3 Å². The number of hydrogen-bond acceptors (Lipinski definition) is 3. The topological polar surface area (TPSA) is 42.3 Å². The van der Waals surface area contributed by atoms with E-state index in [4.69, 9.17) is 0 Å². The Bertz CT molecular complexity index is 1100. The fraction of sp³-hybridized carbons (Fsp3) is 0.200. The Hall–Kier alpha value is -2.44. The Morgan fingerprint density at radius 2 is 1.85 bits per heavy atom. The first-order valence-electron chi connectivity index (χ1n) is 8.46. The van der Waals surface area contributed by atoms with Crippen molar-refractivity contribution in [1.82, 2.24) is 8.87 Å². The molecule has 1 aromatic heterocycles. The summed E-state index contributed by atoms with van der Waals surface area (Å²) < 4.78 is 41.4. The molecule has 0 atom stereocenters. The quantitative estimate of drug-likeness (QED) is 0.705. The van der Waals surface area contributed by atoms with Gasteiger partial charge in [-0.2, -0.15) is 0 Å². The molecule has 0 saturated heterocycles. The smallest absolute Gasteiger partial charge is 0.268 e. The average Bonchev–Trinajstić information content (AvgIpc) is 3.02. The van der Waals surface area contributed by atoms with Crippen molar-refractivity contribution in [1.29, 1.82) is 0 Å². The Morgan fingerprint density at radius 1 is 1.08 bits per heavy atom. The van der Waals surface area contributed by atoms with Crippen molar-refractivity contribution in [3.8, 4) is 0 Å². The summed E-state index contributed by atoms with van der Waals surface area (Å²) >= 11 is 0. The van der Waals surface area contributed by atoms with Crippen LogP contribution in [0.15, 0.2) is 65.7 Å². The predicted octanol–water partition coefficient (Wildman–Crippen LogP) is 3.74. The van der Waals surface area contributed by atoms with Crippen LogP contribution in [0.25, 0.3) is 16.5 Å². The third-order valence-corrected chi connectivity index (χ3v) is 6.48. The van der Waals surface area contributed by atoms with Crippen LogP contribution in [0.1, 0.15) is 12.0 Å². The van der Waals surface area contributed by atoms with Crippen LogP contribution in [-0.2, 0) is 10.0 Å². The highest BCUT2D eigenvalue weighted by atomic mass is 32.2. The standard InChI is InChI=1S/C20H19FN2O2S/c1-22-11-9-15(10-12-22)19-14-23(20-8-7-16(21)13-18(19)20)26(24,25)17-5-3-2-4-6-17/h2-9,13-14H,10-12H2,1H3. The maximum atomic E-state index is 13.9. The van der Waals surface area contributed by atoms with Gasteiger partial charge in [-0.15, -0.1) is 0 Å². The highest BCUT2D eigenvalue weighted by Gasteiger charge is 2.23. The molecule has 0 N–H and O–H groups in total. The SMILES string of the molecule is CN1CC=C(c2cn(S(=O)(=O)c3ccccc3)c3ccc(F)cc23)CC1. The van der Waals surface area contributed by atoms with E-state index in [1.54, 1.807) is 36.5 Å². The molecule has 0 spiro atoms. The molecule has 0 saturated carbocycles. The van der Waals surface area contributed by atoms with Gasteiger partial charge in [0, 0.05) is 30.2 Å². The highest BCUT2D eigenvalue weighted by Crippen LogP contribution is 2.33. The molecule has 1 aliphatic heterocycles. The van der Waals surface area contributed by atoms with Gasteiger partial charge in [-0.05, 0) is 49.4 Å². The molecule has 1 aliphatic rings. The number of rotatable bonds is 3. The van der Waals surface area contributed by atoms with E-state index in [0.717, 1.165) is 30.6 Å². The lowest BCUT2D eigenvalue weighted by Crippen LogP contribution is -2.23. The summed E-state index contributed by atoms with van der Waals surface area (Å²) in [6.07, 6.45) is 4.52. The maximum absolute atomic E-state index is 13.9. The molecule has 2 heterocycles. The first-order valence-corrected chi connectivity index (χ1v) is 9.90. The normalized spacial score (nSPS) is 16.0. The van der Waals surface area contributed by atoms with Gasteiger partial charge in [0.1, 0.15) is 5.82 Å². The largest absolute Gasteiger partial charge is 0.302 e. The van der Waals surface area contributed by atoms with Crippen LogP contribution < -0.4 is 0 Å². The summed E-state index contributed by atoms with van der Waals surface area (Å²) in [7, 11) is -1.71. The van der Waals surface area contributed by atoms with Gasteiger partial charge in [0.25, 0.3) is 10.0 Å². The van der Waals surface area contributed by atoms with E-state index in [0.29, 0.717) is 10.9 Å². The van der Waals surface area contributed by atoms with E-state index in [2.05, 4.69) is 11.0 Å². The van der Waals surface area contributed by atoms with Crippen LogP contribution in [0, 0.1) is 5.82 Å². The molecule has 3 aromatic rings. The van der Waals surface area contributed by atoms with Gasteiger partial charge < -0.3 is 4.90 Å². The number of fused-ring (bicyclic) bond motifs is 1. The second-order valence-corrected chi connectivity index (χ2v) is 8.37. The maximum Gasteiger partial charge on any atom is 0.268 e. The molecular formula is C20H19FN2O2S. The number of hydrogen-bond donors (Lipinski definition) is 0. The molecule has 0 aliphatic carbocycles. The molecule has 2 aromatic carbocycles. The van der Waals surface area contributed by atoms with Gasteiger partial charge in [0.15, 0.2) is 0 Å². The predicted molar refractivity (Wildman–Crippen MR) is 101 cm³/mol. The van der Waals surface area contributed by atoms with Gasteiger partial charge in [-0.1, -0.05) is 24.3 Å². The van der Waals surface area contributed by atoms with E-state index in [1.165, 1.54) is 22.2 Å². The minimum absolute atomic E-state index is 0.213. The molecule has 6 heteroatoms. The number of likely N-dealkylation sites (N-methyl/N-ethyl adjacent to an activating group) is 1. The zero-order chi connectivity index (χ0) is 18.3. The molecule has 0 bridgehead atoms. The molecule has 4 rings (SSSR count). The van der Waals surface area contributed by atoms with Crippen molar-refractivity contribution in [3.05, 3.63) is 72.2 Å². The van der Waals surface area contributed by atoms with Gasteiger partial charge >= 0.3 is 0 Å². The first kappa shape index (κ1) is 17.0. The Labute approximate surface area is 152 Å². The van der Waals surface area contributed by atoms with Crippen molar-refractivity contribution in [2.75, 3.05) is 20.1 Å². The van der Waals surface area contributed by atoms with E-state index in [1.807, 2.05) is 7.05 Å². The van der Waals surface area contributed by atoms with Gasteiger partial charge in [0.05, 0.1) is 10.4 Å². The van der Waals surface area contributed by atoms with Crippen molar-refractivity contribution < 1.29 is 12.8 Å². The zero-order valence-corrected chi connectivity index (χ0v) is 15.2. The zero-order valence-electron chi connectivity index (χ0n) is 14.4. The minimum atomic E-state index is -3.75. The van der Waals surface area contributed by atoms with Gasteiger partial charge in [-0.3, -0.25) is 0 Å². The monoisotopic (exact) mass is 370 g/mol. The van der Waals surface area contributed by atoms with Crippen molar-refractivity contribution in [2.24, 2.45) is 0 Å². The van der Waals surface area contributed by atoms with Crippen LogP contribution in [0.3, 0.4) is 0 Å². The van der Waals surface area contributed by atoms with Gasteiger partial charge in [-0.25, -0.2) is 16.8 Å². The lowest BCUT2D eigenvalue weighted by Gasteiger charge is -2.21. The number of halogens is 1. The van der Waals surface area contributed by atoms with Crippen molar-refractivity contribution >= 4 is 26.5 Å². The highest BCUT2D eigenvalue weighted by molar-refractivity contribution is 7.90. The van der Waals surface area contributed by atoms with Crippen LogP contribution in [0.4, 0.5) is 4.39 Å². The fourth-order valence-electron chi connectivity index (χ4n) is 3.35. The second kappa shape index (κ2) is 6.37. The molecule has 0 radical (unpaired) electrons. The number of aromatic nitrogens is 1. The lowest BCUT2D eigenvalue weighted by molar-refractivity contribution is 0.370. The average molecular weight is 370 g/mol. The summed E-state index contributed by atoms with van der Waals surface area (Å²) in [6.45, 7) is 1.68. The Morgan fingerprint density at radius 3 is 2.54 bits per heavy atom. The first-order chi connectivity index (χ1) is 12.5. The molecule has 0 amide bonds. The third kappa shape index (κ3) is 2.85. The number of benzene rings is 2. The fourth-order valence-corrected chi connectivity index (χ4v) is 4.74. The molecular weight excluding hydrogens is 351 g/mol. The van der Waals surface area contributed by atoms with E-state index in [-0.39, 0.29) is 10.7 Å². The Kier molecular flexibility index (Phi) is 4.17. The third-order valence-electron chi connectivity index (χ3n) is 4.79. The van der Waals surface area contributed by atoms with Crippen molar-refractivity contribution in [3.63, 3.8) is 0 Å². The van der Waals surface area contributed by atoms with Gasteiger partial charge in [0.2, 0.25) is 0 Å². The molecule has 4 nitrogen and oxygen atoms in total. The van der Waals surface area contributed by atoms with Crippen LogP contribution >= 0.6 is 0 Å². The lowest BCUT2D eigenvalue weighted by atomic mass is 9.99. The van der Waals surface area contributed by atoms with E-state index < -0.39 is 10.0 Å². The summed E-state index contributed by atoms with van der Waals surface area (Å²) in [6, 6.07) is 12.5. The van der Waals surface area contributed by atoms with Crippen LogP contribution in [0.2, 0.25) is 0 Å². The van der Waals surface area contributed by atoms with Crippen LogP contribution in [0.5, 0.6) is 0 Å². The van der Waals surface area contributed by atoms with E-state index >= 15 is 0 Å². The molecule has 134 valence electrons. The molecule has 0 unspecified atom stereocenters. The number of nitrogens with zero attached hydrogens (tertiary/aromatic N) is 2. The summed E-state index contributed by atoms with van der Waals surface area (Å²) in [4.78, 5) is 2.40. The minimum Gasteiger partial charge on any atom is -0.302 e. The summed E-state index contributed by atoms with van der Waals surface area (Å²) in [5, 5.41) is 0.625. The van der Waals surface area contributed by atoms with E-state index in [9.17, 15) is 12.8 Å². The summed E-state index contributed by atoms with van der Waals surface area (Å²) in [5.41, 5.74) is 2.33. The van der Waals surface area contributed by atoms with Crippen LogP contribution in [-0.4, -0.2) is 37.4 Å². The second-order valence-electron chi connectivity index (χ2n) is 6.56. The summed E-state index contributed by atoms with van der Waals surface area (Å²) in [5.74, 6) is -0.373. The Balaban J connectivity index is 1.95. The molecule has 0 fully saturated rings.